The van der Waals surface area contributed by atoms with Crippen molar-refractivity contribution in [1.82, 2.24) is 0 Å². The van der Waals surface area contributed by atoms with E-state index < -0.39 is 11.9 Å². The number of aromatic carboxylic acids is 1. The van der Waals surface area contributed by atoms with Crippen LogP contribution in [0.3, 0.4) is 0 Å². The fourth-order valence-corrected chi connectivity index (χ4v) is 5.43. The molecule has 2 fully saturated rings. The number of hydrogen-bond donors (Lipinski definition) is 2. The molecular formula is C23H20Br2N2O5. The zero-order valence-electron chi connectivity index (χ0n) is 17.0. The molecule has 4 atom stereocenters. The number of rotatable bonds is 4. The van der Waals surface area contributed by atoms with Gasteiger partial charge < -0.3 is 10.4 Å². The number of carbonyl (C=O) groups is 4. The van der Waals surface area contributed by atoms with Gasteiger partial charge in [-0.2, -0.15) is 0 Å². The van der Waals surface area contributed by atoms with Crippen molar-refractivity contribution in [2.45, 2.75) is 29.4 Å². The highest BCUT2D eigenvalue weighted by molar-refractivity contribution is 9.12. The molecule has 1 aliphatic carbocycles. The summed E-state index contributed by atoms with van der Waals surface area (Å²) < 4.78 is 0. The Labute approximate surface area is 201 Å². The molecule has 0 aromatic heterocycles. The van der Waals surface area contributed by atoms with Crippen LogP contribution in [-0.2, 0) is 9.59 Å². The van der Waals surface area contributed by atoms with E-state index in [2.05, 4.69) is 37.2 Å². The Morgan fingerprint density at radius 3 is 2.00 bits per heavy atom. The molecule has 4 rings (SSSR count). The van der Waals surface area contributed by atoms with Crippen LogP contribution in [0.5, 0.6) is 0 Å². The molecular weight excluding hydrogens is 544 g/mol. The van der Waals surface area contributed by atoms with Gasteiger partial charge in [-0.25, -0.2) is 4.79 Å². The van der Waals surface area contributed by atoms with Crippen molar-refractivity contribution in [2.24, 2.45) is 11.8 Å². The summed E-state index contributed by atoms with van der Waals surface area (Å²) in [5.74, 6) is -2.59. The van der Waals surface area contributed by atoms with Crippen molar-refractivity contribution in [2.75, 3.05) is 10.2 Å². The number of carboxylic acids is 1. The zero-order chi connectivity index (χ0) is 23.2. The Bertz CT molecular complexity index is 1090. The molecule has 0 bridgehead atoms. The van der Waals surface area contributed by atoms with E-state index in [-0.39, 0.29) is 38.9 Å². The van der Waals surface area contributed by atoms with E-state index in [1.807, 2.05) is 0 Å². The van der Waals surface area contributed by atoms with Gasteiger partial charge in [0, 0.05) is 20.9 Å². The number of aryl methyl sites for hydroxylation is 1. The van der Waals surface area contributed by atoms with Crippen molar-refractivity contribution in [3.05, 3.63) is 59.2 Å². The summed E-state index contributed by atoms with van der Waals surface area (Å²) in [7, 11) is 0. The molecule has 9 heteroatoms. The number of nitrogens with zero attached hydrogens (tertiary/aromatic N) is 1. The molecule has 2 N–H and O–H groups in total. The predicted molar refractivity (Wildman–Crippen MR) is 127 cm³/mol. The lowest BCUT2D eigenvalue weighted by molar-refractivity contribution is -0.122. The highest BCUT2D eigenvalue weighted by Gasteiger charge is 2.52. The van der Waals surface area contributed by atoms with Gasteiger partial charge in [-0.05, 0) is 61.7 Å². The van der Waals surface area contributed by atoms with Gasteiger partial charge >= 0.3 is 5.97 Å². The predicted octanol–water partition coefficient (Wildman–Crippen LogP) is 4.37. The van der Waals surface area contributed by atoms with Crippen molar-refractivity contribution in [3.8, 4) is 0 Å². The number of fused-ring (bicyclic) bond motifs is 1. The van der Waals surface area contributed by atoms with Gasteiger partial charge in [0.15, 0.2) is 0 Å². The van der Waals surface area contributed by atoms with Crippen molar-refractivity contribution < 1.29 is 24.3 Å². The number of carboxylic acid groups (broad SMARTS) is 1. The van der Waals surface area contributed by atoms with Gasteiger partial charge in [0.05, 0.1) is 23.1 Å². The van der Waals surface area contributed by atoms with E-state index >= 15 is 0 Å². The van der Waals surface area contributed by atoms with E-state index in [1.54, 1.807) is 37.3 Å². The molecule has 2 aromatic carbocycles. The fraction of sp³-hybridized carbons (Fsp3) is 0.304. The van der Waals surface area contributed by atoms with E-state index in [0.29, 0.717) is 29.8 Å². The van der Waals surface area contributed by atoms with Crippen molar-refractivity contribution >= 4 is 66.9 Å². The van der Waals surface area contributed by atoms with Crippen LogP contribution in [0.2, 0.25) is 0 Å². The number of anilines is 2. The minimum Gasteiger partial charge on any atom is -0.478 e. The first-order valence-corrected chi connectivity index (χ1v) is 11.9. The number of carbonyl (C=O) groups excluding carboxylic acids is 3. The van der Waals surface area contributed by atoms with Crippen LogP contribution in [0, 0.1) is 18.8 Å². The smallest absolute Gasteiger partial charge is 0.335 e. The molecule has 0 radical (unpaired) electrons. The zero-order valence-corrected chi connectivity index (χ0v) is 20.2. The molecule has 1 heterocycles. The molecule has 0 unspecified atom stereocenters. The van der Waals surface area contributed by atoms with Gasteiger partial charge in [0.1, 0.15) is 0 Å². The number of halogens is 2. The Morgan fingerprint density at radius 1 is 0.938 bits per heavy atom. The molecule has 0 spiro atoms. The largest absolute Gasteiger partial charge is 0.478 e. The number of alkyl halides is 2. The third-order valence-corrected chi connectivity index (χ3v) is 8.77. The Hall–Kier alpha value is -2.52. The van der Waals surface area contributed by atoms with E-state index in [0.717, 1.165) is 5.56 Å². The first-order valence-electron chi connectivity index (χ1n) is 10.1. The highest BCUT2D eigenvalue weighted by atomic mass is 79.9. The lowest BCUT2D eigenvalue weighted by Gasteiger charge is -2.29. The first kappa shape index (κ1) is 22.7. The summed E-state index contributed by atoms with van der Waals surface area (Å²) in [6.45, 7) is 1.77. The second-order valence-electron chi connectivity index (χ2n) is 8.06. The molecule has 1 saturated carbocycles. The van der Waals surface area contributed by atoms with Gasteiger partial charge in [0.2, 0.25) is 11.8 Å². The average molecular weight is 564 g/mol. The lowest BCUT2D eigenvalue weighted by Crippen LogP contribution is -2.34. The summed E-state index contributed by atoms with van der Waals surface area (Å²) in [5, 5.41) is 11.9. The highest BCUT2D eigenvalue weighted by Crippen LogP contribution is 2.44. The van der Waals surface area contributed by atoms with Crippen LogP contribution >= 0.6 is 31.9 Å². The summed E-state index contributed by atoms with van der Waals surface area (Å²) >= 11 is 7.16. The van der Waals surface area contributed by atoms with E-state index in [4.69, 9.17) is 5.11 Å². The molecule has 7 nitrogen and oxygen atoms in total. The molecule has 166 valence electrons. The maximum atomic E-state index is 12.9. The van der Waals surface area contributed by atoms with Gasteiger partial charge in [-0.15, -0.1) is 0 Å². The molecule has 2 aromatic rings. The van der Waals surface area contributed by atoms with Crippen LogP contribution in [0.4, 0.5) is 11.4 Å². The minimum atomic E-state index is -1.08. The number of imide groups is 1. The number of benzene rings is 2. The maximum Gasteiger partial charge on any atom is 0.335 e. The summed E-state index contributed by atoms with van der Waals surface area (Å²) in [6.07, 6.45) is 1.19. The summed E-state index contributed by atoms with van der Waals surface area (Å²) in [5.41, 5.74) is 1.97. The van der Waals surface area contributed by atoms with Crippen LogP contribution in [0.15, 0.2) is 42.5 Å². The third-order valence-electron chi connectivity index (χ3n) is 6.03. The third kappa shape index (κ3) is 4.11. The topological polar surface area (TPSA) is 104 Å². The second-order valence-corrected chi connectivity index (χ2v) is 10.4. The SMILES string of the molecule is Cc1ccc(C(=O)O)cc1NC(=O)c1ccc(N2C(=O)[C@H]3C[C@H](Br)[C@@H](Br)C[C@H]3C2=O)cc1. The van der Waals surface area contributed by atoms with Gasteiger partial charge in [0.25, 0.3) is 5.91 Å². The normalized spacial score (nSPS) is 24.9. The Morgan fingerprint density at radius 2 is 1.47 bits per heavy atom. The maximum absolute atomic E-state index is 12.9. The molecule has 2 aliphatic rings. The Kier molecular flexibility index (Phi) is 6.22. The first-order chi connectivity index (χ1) is 15.2. The van der Waals surface area contributed by atoms with Gasteiger partial charge in [-0.1, -0.05) is 37.9 Å². The van der Waals surface area contributed by atoms with Crippen LogP contribution in [0.25, 0.3) is 0 Å². The number of nitrogens with one attached hydrogen (secondary N) is 1. The molecule has 1 saturated heterocycles. The second kappa shape index (κ2) is 8.78. The number of amides is 3. The molecule has 1 aliphatic heterocycles. The monoisotopic (exact) mass is 562 g/mol. The minimum absolute atomic E-state index is 0.0743. The average Bonchev–Trinajstić information content (AvgIpc) is 2.99. The van der Waals surface area contributed by atoms with Crippen LogP contribution < -0.4 is 10.2 Å². The number of hydrogen-bond acceptors (Lipinski definition) is 4. The Balaban J connectivity index is 1.52. The summed E-state index contributed by atoms with van der Waals surface area (Å²) in [4.78, 5) is 51.2. The van der Waals surface area contributed by atoms with Crippen LogP contribution in [-0.4, -0.2) is 38.5 Å². The fourth-order valence-electron chi connectivity index (χ4n) is 4.20. The van der Waals surface area contributed by atoms with E-state index in [1.165, 1.54) is 17.0 Å². The van der Waals surface area contributed by atoms with Crippen molar-refractivity contribution in [1.29, 1.82) is 0 Å². The quantitative estimate of drug-likeness (QED) is 0.424. The van der Waals surface area contributed by atoms with E-state index in [9.17, 15) is 19.2 Å². The molecule has 32 heavy (non-hydrogen) atoms. The molecule has 3 amide bonds. The van der Waals surface area contributed by atoms with Gasteiger partial charge in [-0.3, -0.25) is 19.3 Å². The van der Waals surface area contributed by atoms with Crippen molar-refractivity contribution in [3.63, 3.8) is 0 Å². The standard InChI is InChI=1S/C23H20Br2N2O5/c1-11-2-3-13(23(31)32)8-19(11)26-20(28)12-4-6-14(7-5-12)27-21(29)15-9-17(24)18(25)10-16(15)22(27)30/h2-8,15-18H,9-10H2,1H3,(H,26,28)(H,31,32)/t15-,16+,17-,18-/m0/s1. The van der Waals surface area contributed by atoms with Crippen LogP contribution in [0.1, 0.15) is 39.1 Å². The lowest BCUT2D eigenvalue weighted by atomic mass is 9.81. The summed E-state index contributed by atoms with van der Waals surface area (Å²) in [6, 6.07) is 10.8.